The van der Waals surface area contributed by atoms with Crippen LogP contribution in [0.2, 0.25) is 0 Å². The van der Waals surface area contributed by atoms with Gasteiger partial charge in [0.1, 0.15) is 4.33 Å². The van der Waals surface area contributed by atoms with Crippen LogP contribution < -0.4 is 0 Å². The molecule has 0 aromatic rings. The van der Waals surface area contributed by atoms with E-state index in [4.69, 9.17) is 23.2 Å². The lowest BCUT2D eigenvalue weighted by Gasteiger charge is -2.29. The molecule has 0 bridgehead atoms. The molecule has 0 radical (unpaired) electrons. The third kappa shape index (κ3) is 3.95. The molecular weight excluding hydrogens is 336 g/mol. The zero-order chi connectivity index (χ0) is 15.2. The molecule has 8 heteroatoms. The van der Waals surface area contributed by atoms with Gasteiger partial charge in [0.25, 0.3) is 0 Å². The SMILES string of the molecule is O=S(=O)(CCC(F)(F)F)CC1CCC2(CC1)CC2(Cl)Cl. The molecule has 118 valence electrons. The highest BCUT2D eigenvalue weighted by Crippen LogP contribution is 2.70. The van der Waals surface area contributed by atoms with Crippen molar-refractivity contribution < 1.29 is 21.6 Å². The maximum atomic E-state index is 12.1. The Hall–Kier alpha value is 0.320. The summed E-state index contributed by atoms with van der Waals surface area (Å²) in [4.78, 5) is 0. The zero-order valence-corrected chi connectivity index (χ0v) is 13.2. The first kappa shape index (κ1) is 16.7. The van der Waals surface area contributed by atoms with Gasteiger partial charge in [-0.15, -0.1) is 23.2 Å². The van der Waals surface area contributed by atoms with E-state index in [9.17, 15) is 21.6 Å². The van der Waals surface area contributed by atoms with Crippen LogP contribution in [-0.2, 0) is 9.84 Å². The summed E-state index contributed by atoms with van der Waals surface area (Å²) >= 11 is 12.2. The van der Waals surface area contributed by atoms with E-state index in [1.165, 1.54) is 0 Å². The van der Waals surface area contributed by atoms with E-state index < -0.39 is 32.5 Å². The largest absolute Gasteiger partial charge is 0.390 e. The number of rotatable bonds is 4. The van der Waals surface area contributed by atoms with Crippen LogP contribution in [0.4, 0.5) is 13.2 Å². The number of halogens is 5. The van der Waals surface area contributed by atoms with E-state index in [1.54, 1.807) is 0 Å². The van der Waals surface area contributed by atoms with E-state index in [-0.39, 0.29) is 17.1 Å². The highest BCUT2D eigenvalue weighted by molar-refractivity contribution is 7.91. The zero-order valence-electron chi connectivity index (χ0n) is 10.8. The van der Waals surface area contributed by atoms with Crippen LogP contribution >= 0.6 is 23.2 Å². The van der Waals surface area contributed by atoms with Gasteiger partial charge in [-0.3, -0.25) is 0 Å². The van der Waals surface area contributed by atoms with E-state index in [2.05, 4.69) is 0 Å². The summed E-state index contributed by atoms with van der Waals surface area (Å²) in [6.45, 7) is 0. The second kappa shape index (κ2) is 5.20. The minimum absolute atomic E-state index is 0.0661. The van der Waals surface area contributed by atoms with Crippen LogP contribution in [0.3, 0.4) is 0 Å². The molecule has 0 amide bonds. The van der Waals surface area contributed by atoms with Crippen molar-refractivity contribution in [2.24, 2.45) is 11.3 Å². The number of sulfone groups is 1. The molecule has 2 nitrogen and oxygen atoms in total. The van der Waals surface area contributed by atoms with Gasteiger partial charge in [0.15, 0.2) is 9.84 Å². The maximum absolute atomic E-state index is 12.1. The second-order valence-corrected chi connectivity index (χ2v) is 9.80. The summed E-state index contributed by atoms with van der Waals surface area (Å²) in [5.41, 5.74) is -0.0810. The molecule has 2 rings (SSSR count). The molecule has 1 spiro atoms. The normalized spacial score (nSPS) is 33.4. The van der Waals surface area contributed by atoms with Gasteiger partial charge in [-0.1, -0.05) is 0 Å². The summed E-state index contributed by atoms with van der Waals surface area (Å²) in [6, 6.07) is 0. The standard InChI is InChI=1S/C12H17Cl2F3O2S/c13-11(14)8-10(11)3-1-9(2-4-10)7-20(18,19)6-5-12(15,16)17/h9H,1-8H2. The minimum Gasteiger partial charge on any atom is -0.229 e. The summed E-state index contributed by atoms with van der Waals surface area (Å²) < 4.78 is 58.9. The Morgan fingerprint density at radius 3 is 2.05 bits per heavy atom. The van der Waals surface area contributed by atoms with Crippen LogP contribution in [0.25, 0.3) is 0 Å². The first-order valence-electron chi connectivity index (χ1n) is 6.60. The van der Waals surface area contributed by atoms with E-state index in [0.717, 1.165) is 19.3 Å². The first-order valence-corrected chi connectivity index (χ1v) is 9.18. The third-order valence-electron chi connectivity index (χ3n) is 4.46. The van der Waals surface area contributed by atoms with Gasteiger partial charge in [0, 0.05) is 5.41 Å². The van der Waals surface area contributed by atoms with Crippen molar-refractivity contribution in [2.75, 3.05) is 11.5 Å². The first-order chi connectivity index (χ1) is 8.95. The molecule has 0 aromatic carbocycles. The Balaban J connectivity index is 1.80. The van der Waals surface area contributed by atoms with Gasteiger partial charge in [-0.25, -0.2) is 8.42 Å². The Morgan fingerprint density at radius 2 is 1.65 bits per heavy atom. The van der Waals surface area contributed by atoms with Crippen molar-refractivity contribution in [3.05, 3.63) is 0 Å². The molecule has 20 heavy (non-hydrogen) atoms. The topological polar surface area (TPSA) is 34.1 Å². The van der Waals surface area contributed by atoms with E-state index in [1.807, 2.05) is 0 Å². The lowest BCUT2D eigenvalue weighted by atomic mass is 9.80. The van der Waals surface area contributed by atoms with Crippen LogP contribution in [0.5, 0.6) is 0 Å². The molecule has 2 saturated carbocycles. The Labute approximate surface area is 126 Å². The van der Waals surface area contributed by atoms with Gasteiger partial charge in [0.05, 0.1) is 17.9 Å². The molecule has 2 aliphatic rings. The molecule has 0 aromatic heterocycles. The second-order valence-electron chi connectivity index (χ2n) is 6.08. The van der Waals surface area contributed by atoms with Crippen LogP contribution in [0, 0.1) is 11.3 Å². The van der Waals surface area contributed by atoms with Crippen LogP contribution in [-0.4, -0.2) is 30.4 Å². The molecule has 0 unspecified atom stereocenters. The fraction of sp³-hybridized carbons (Fsp3) is 1.00. The monoisotopic (exact) mass is 352 g/mol. The van der Waals surface area contributed by atoms with Gasteiger partial charge >= 0.3 is 6.18 Å². The van der Waals surface area contributed by atoms with Crippen molar-refractivity contribution in [2.45, 2.75) is 49.0 Å². The average Bonchev–Trinajstić information content (AvgIpc) is 2.80. The molecule has 0 N–H and O–H groups in total. The van der Waals surface area contributed by atoms with Gasteiger partial charge in [0.2, 0.25) is 0 Å². The fourth-order valence-corrected chi connectivity index (χ4v) is 5.68. The lowest BCUT2D eigenvalue weighted by molar-refractivity contribution is -0.129. The summed E-state index contributed by atoms with van der Waals surface area (Å²) in [5.74, 6) is -1.03. The quantitative estimate of drug-likeness (QED) is 0.713. The van der Waals surface area contributed by atoms with Gasteiger partial charge < -0.3 is 0 Å². The van der Waals surface area contributed by atoms with Crippen molar-refractivity contribution in [1.29, 1.82) is 0 Å². The van der Waals surface area contributed by atoms with Gasteiger partial charge in [-0.2, -0.15) is 13.2 Å². The molecule has 0 heterocycles. The average molecular weight is 353 g/mol. The van der Waals surface area contributed by atoms with Gasteiger partial charge in [-0.05, 0) is 38.0 Å². The Kier molecular flexibility index (Phi) is 4.34. The molecular formula is C12H17Cl2F3O2S. The number of hydrogen-bond acceptors (Lipinski definition) is 2. The van der Waals surface area contributed by atoms with Crippen LogP contribution in [0.1, 0.15) is 38.5 Å². The highest BCUT2D eigenvalue weighted by Gasteiger charge is 2.66. The predicted octanol–water partition coefficient (Wildman–Crippen LogP) is 4.11. The smallest absolute Gasteiger partial charge is 0.229 e. The Bertz CT molecular complexity index is 466. The fourth-order valence-electron chi connectivity index (χ4n) is 3.03. The summed E-state index contributed by atoms with van der Waals surface area (Å²) in [7, 11) is -3.65. The summed E-state index contributed by atoms with van der Waals surface area (Å²) in [5, 5.41) is 0. The molecule has 0 atom stereocenters. The van der Waals surface area contributed by atoms with E-state index >= 15 is 0 Å². The van der Waals surface area contributed by atoms with Crippen molar-refractivity contribution in [1.82, 2.24) is 0 Å². The summed E-state index contributed by atoms with van der Waals surface area (Å²) in [6.07, 6.45) is -2.08. The minimum atomic E-state index is -4.42. The van der Waals surface area contributed by atoms with Crippen molar-refractivity contribution in [3.8, 4) is 0 Å². The predicted molar refractivity (Wildman–Crippen MR) is 72.8 cm³/mol. The molecule has 0 saturated heterocycles. The number of hydrogen-bond donors (Lipinski definition) is 0. The van der Waals surface area contributed by atoms with Crippen molar-refractivity contribution in [3.63, 3.8) is 0 Å². The maximum Gasteiger partial charge on any atom is 0.390 e. The number of alkyl halides is 5. The van der Waals surface area contributed by atoms with Crippen molar-refractivity contribution >= 4 is 33.0 Å². The Morgan fingerprint density at radius 1 is 1.15 bits per heavy atom. The van der Waals surface area contributed by atoms with E-state index in [0.29, 0.717) is 12.8 Å². The lowest BCUT2D eigenvalue weighted by Crippen LogP contribution is -2.27. The van der Waals surface area contributed by atoms with Crippen LogP contribution in [0.15, 0.2) is 0 Å². The highest BCUT2D eigenvalue weighted by atomic mass is 35.5. The third-order valence-corrected chi connectivity index (χ3v) is 7.33. The molecule has 2 aliphatic carbocycles. The molecule has 2 fully saturated rings. The molecule has 0 aliphatic heterocycles.